The van der Waals surface area contributed by atoms with E-state index in [1.807, 2.05) is 6.92 Å². The monoisotopic (exact) mass is 306 g/mol. The van der Waals surface area contributed by atoms with E-state index >= 15 is 0 Å². The Labute approximate surface area is 107 Å². The number of anilines is 1. The minimum Gasteiger partial charge on any atom is -0.369 e. The molecular weight excluding hydrogens is 299 g/mol. The number of nitrogens with one attached hydrogen (secondary N) is 1. The van der Waals surface area contributed by atoms with E-state index in [-0.39, 0.29) is 6.04 Å². The summed E-state index contributed by atoms with van der Waals surface area (Å²) in [5.41, 5.74) is 0.679. The molecule has 1 atom stereocenters. The fourth-order valence-corrected chi connectivity index (χ4v) is 1.88. The summed E-state index contributed by atoms with van der Waals surface area (Å²) in [5, 5.41) is 12.7. The molecule has 0 aliphatic rings. The van der Waals surface area contributed by atoms with Gasteiger partial charge in [0.1, 0.15) is 6.04 Å². The van der Waals surface area contributed by atoms with Gasteiger partial charge in [0.05, 0.1) is 21.8 Å². The number of benzene rings is 1. The van der Waals surface area contributed by atoms with Crippen LogP contribution in [0.15, 0.2) is 16.6 Å². The van der Waals surface area contributed by atoms with E-state index < -0.39 is 0 Å². The van der Waals surface area contributed by atoms with Crippen LogP contribution in [0.1, 0.15) is 13.3 Å². The topological polar surface area (TPSA) is 35.8 Å². The normalized spacial score (nSPS) is 11.9. The molecule has 0 heterocycles. The standard InChI is InChI=1S/C10H9BrCl2N2/c1-2-6(5-14)15-8-4-3-7(11)9(12)10(8)13/h3-4,6,15H,2H2,1H3. The quantitative estimate of drug-likeness (QED) is 0.836. The molecule has 0 saturated carbocycles. The summed E-state index contributed by atoms with van der Waals surface area (Å²) in [6, 6.07) is 5.47. The second-order valence-electron chi connectivity index (χ2n) is 2.96. The van der Waals surface area contributed by atoms with Gasteiger partial charge in [-0.25, -0.2) is 0 Å². The van der Waals surface area contributed by atoms with E-state index in [0.29, 0.717) is 22.2 Å². The lowest BCUT2D eigenvalue weighted by atomic mass is 10.2. The average Bonchev–Trinajstić information content (AvgIpc) is 2.25. The Kier molecular flexibility index (Phi) is 4.72. The predicted octanol–water partition coefficient (Wildman–Crippen LogP) is 4.47. The highest BCUT2D eigenvalue weighted by molar-refractivity contribution is 9.10. The molecule has 0 amide bonds. The fraction of sp³-hybridized carbons (Fsp3) is 0.300. The fourth-order valence-electron chi connectivity index (χ4n) is 1.05. The van der Waals surface area contributed by atoms with Gasteiger partial charge in [-0.1, -0.05) is 30.1 Å². The molecule has 80 valence electrons. The second kappa shape index (κ2) is 5.60. The van der Waals surface area contributed by atoms with Crippen LogP contribution < -0.4 is 5.32 Å². The van der Waals surface area contributed by atoms with Gasteiger partial charge < -0.3 is 5.32 Å². The van der Waals surface area contributed by atoms with E-state index in [1.54, 1.807) is 12.1 Å². The third-order valence-electron chi connectivity index (χ3n) is 1.93. The third-order valence-corrected chi connectivity index (χ3v) is 3.70. The molecule has 5 heteroatoms. The number of halogens is 3. The van der Waals surface area contributed by atoms with Crippen molar-refractivity contribution < 1.29 is 0 Å². The molecule has 0 aliphatic heterocycles. The van der Waals surface area contributed by atoms with Gasteiger partial charge in [-0.3, -0.25) is 0 Å². The van der Waals surface area contributed by atoms with E-state index in [1.165, 1.54) is 0 Å². The van der Waals surface area contributed by atoms with Crippen LogP contribution in [0.3, 0.4) is 0 Å². The number of rotatable bonds is 3. The minimum atomic E-state index is -0.250. The van der Waals surface area contributed by atoms with Crippen molar-refractivity contribution in [3.8, 4) is 6.07 Å². The number of nitriles is 1. The molecule has 1 rings (SSSR count). The molecule has 1 aromatic carbocycles. The summed E-state index contributed by atoms with van der Waals surface area (Å²) in [6.45, 7) is 1.93. The van der Waals surface area contributed by atoms with Crippen molar-refractivity contribution in [2.24, 2.45) is 0 Å². The first-order valence-electron chi connectivity index (χ1n) is 4.39. The zero-order chi connectivity index (χ0) is 11.4. The predicted molar refractivity (Wildman–Crippen MR) is 67.5 cm³/mol. The molecule has 1 aromatic rings. The minimum absolute atomic E-state index is 0.250. The van der Waals surface area contributed by atoms with Gasteiger partial charge in [-0.05, 0) is 34.5 Å². The van der Waals surface area contributed by atoms with Crippen molar-refractivity contribution in [1.82, 2.24) is 0 Å². The molecule has 0 fully saturated rings. The van der Waals surface area contributed by atoms with E-state index in [4.69, 9.17) is 28.5 Å². The Morgan fingerprint density at radius 1 is 1.47 bits per heavy atom. The van der Waals surface area contributed by atoms with Crippen molar-refractivity contribution in [1.29, 1.82) is 5.26 Å². The molecule has 15 heavy (non-hydrogen) atoms. The summed E-state index contributed by atoms with van der Waals surface area (Å²) in [7, 11) is 0. The lowest BCUT2D eigenvalue weighted by molar-refractivity contribution is 0.845. The smallest absolute Gasteiger partial charge is 0.114 e. The van der Waals surface area contributed by atoms with Crippen LogP contribution in [0, 0.1) is 11.3 Å². The van der Waals surface area contributed by atoms with E-state index in [2.05, 4.69) is 27.3 Å². The van der Waals surface area contributed by atoms with Crippen molar-refractivity contribution in [3.63, 3.8) is 0 Å². The maximum atomic E-state index is 8.80. The van der Waals surface area contributed by atoms with Gasteiger partial charge in [-0.2, -0.15) is 5.26 Å². The van der Waals surface area contributed by atoms with Crippen LogP contribution in [-0.4, -0.2) is 6.04 Å². The van der Waals surface area contributed by atoms with E-state index in [9.17, 15) is 0 Å². The largest absolute Gasteiger partial charge is 0.369 e. The van der Waals surface area contributed by atoms with Gasteiger partial charge in [-0.15, -0.1) is 0 Å². The zero-order valence-electron chi connectivity index (χ0n) is 8.02. The molecule has 1 N–H and O–H groups in total. The molecular formula is C10H9BrCl2N2. The van der Waals surface area contributed by atoms with Gasteiger partial charge in [0, 0.05) is 4.47 Å². The van der Waals surface area contributed by atoms with Crippen LogP contribution in [-0.2, 0) is 0 Å². The summed E-state index contributed by atoms with van der Waals surface area (Å²) in [5.74, 6) is 0. The number of nitrogens with zero attached hydrogens (tertiary/aromatic N) is 1. The summed E-state index contributed by atoms with van der Waals surface area (Å²) in [4.78, 5) is 0. The van der Waals surface area contributed by atoms with Crippen molar-refractivity contribution in [2.45, 2.75) is 19.4 Å². The first-order chi connectivity index (χ1) is 7.10. The van der Waals surface area contributed by atoms with Crippen molar-refractivity contribution >= 4 is 44.8 Å². The Bertz CT molecular complexity index is 401. The molecule has 0 aromatic heterocycles. The van der Waals surface area contributed by atoms with Crippen LogP contribution in [0.5, 0.6) is 0 Å². The van der Waals surface area contributed by atoms with E-state index in [0.717, 1.165) is 4.47 Å². The average molecular weight is 308 g/mol. The Balaban J connectivity index is 2.97. The van der Waals surface area contributed by atoms with Crippen molar-refractivity contribution in [3.05, 3.63) is 26.7 Å². The molecule has 0 aliphatic carbocycles. The maximum absolute atomic E-state index is 8.80. The van der Waals surface area contributed by atoms with Gasteiger partial charge in [0.25, 0.3) is 0 Å². The highest BCUT2D eigenvalue weighted by Gasteiger charge is 2.11. The molecule has 0 saturated heterocycles. The van der Waals surface area contributed by atoms with Gasteiger partial charge in [0.15, 0.2) is 0 Å². The van der Waals surface area contributed by atoms with Crippen LogP contribution in [0.25, 0.3) is 0 Å². The van der Waals surface area contributed by atoms with Crippen LogP contribution in [0.2, 0.25) is 10.0 Å². The molecule has 0 spiro atoms. The van der Waals surface area contributed by atoms with Crippen LogP contribution in [0.4, 0.5) is 5.69 Å². The molecule has 0 bridgehead atoms. The lowest BCUT2D eigenvalue weighted by Crippen LogP contribution is -2.15. The first-order valence-corrected chi connectivity index (χ1v) is 5.94. The Hall–Kier alpha value is -0.430. The lowest BCUT2D eigenvalue weighted by Gasteiger charge is -2.13. The van der Waals surface area contributed by atoms with Crippen LogP contribution >= 0.6 is 39.1 Å². The second-order valence-corrected chi connectivity index (χ2v) is 4.57. The highest BCUT2D eigenvalue weighted by Crippen LogP contribution is 2.36. The maximum Gasteiger partial charge on any atom is 0.114 e. The third kappa shape index (κ3) is 3.01. The Morgan fingerprint density at radius 3 is 2.67 bits per heavy atom. The van der Waals surface area contributed by atoms with Crippen molar-refractivity contribution in [2.75, 3.05) is 5.32 Å². The molecule has 2 nitrogen and oxygen atoms in total. The first kappa shape index (κ1) is 12.6. The number of hydrogen-bond acceptors (Lipinski definition) is 2. The molecule has 0 radical (unpaired) electrons. The van der Waals surface area contributed by atoms with Gasteiger partial charge in [0.2, 0.25) is 0 Å². The summed E-state index contributed by atoms with van der Waals surface area (Å²) in [6.07, 6.45) is 0.709. The SMILES string of the molecule is CCC(C#N)Nc1ccc(Br)c(Cl)c1Cl. The zero-order valence-corrected chi connectivity index (χ0v) is 11.1. The molecule has 1 unspecified atom stereocenters. The Morgan fingerprint density at radius 2 is 2.13 bits per heavy atom. The summed E-state index contributed by atoms with van der Waals surface area (Å²) < 4.78 is 0.740. The highest BCUT2D eigenvalue weighted by atomic mass is 79.9. The number of hydrogen-bond donors (Lipinski definition) is 1. The summed E-state index contributed by atoms with van der Waals surface area (Å²) >= 11 is 15.2. The van der Waals surface area contributed by atoms with Gasteiger partial charge >= 0.3 is 0 Å².